The van der Waals surface area contributed by atoms with E-state index in [0.29, 0.717) is 6.04 Å². The van der Waals surface area contributed by atoms with Crippen LogP contribution in [-0.2, 0) is 0 Å². The lowest BCUT2D eigenvalue weighted by molar-refractivity contribution is 0.249. The van der Waals surface area contributed by atoms with Crippen molar-refractivity contribution in [2.75, 3.05) is 6.61 Å². The van der Waals surface area contributed by atoms with Crippen molar-refractivity contribution in [1.29, 1.82) is 0 Å². The zero-order valence-corrected chi connectivity index (χ0v) is 11.0. The van der Waals surface area contributed by atoms with Gasteiger partial charge in [0.1, 0.15) is 0 Å². The van der Waals surface area contributed by atoms with Crippen LogP contribution in [0.3, 0.4) is 0 Å². The third-order valence-corrected chi connectivity index (χ3v) is 3.64. The molecule has 4 heteroatoms. The molecule has 0 aliphatic heterocycles. The topological polar surface area (TPSA) is 58.0 Å². The fraction of sp³-hybridized carbons (Fsp3) is 0.714. The molecule has 2 N–H and O–H groups in total. The molecule has 0 spiro atoms. The van der Waals surface area contributed by atoms with Gasteiger partial charge in [-0.05, 0) is 44.2 Å². The molecule has 0 bridgehead atoms. The number of hydrogen-bond acceptors (Lipinski definition) is 4. The van der Waals surface area contributed by atoms with E-state index in [4.69, 9.17) is 0 Å². The number of nitrogens with one attached hydrogen (secondary N) is 1. The summed E-state index contributed by atoms with van der Waals surface area (Å²) in [4.78, 5) is 0. The monoisotopic (exact) mass is 249 g/mol. The molecule has 2 atom stereocenters. The molecule has 18 heavy (non-hydrogen) atoms. The quantitative estimate of drug-likeness (QED) is 0.738. The Balaban J connectivity index is 1.82. The SMILES string of the molecule is CCC(CCC(CO)c1cccnn1)NC1CC1. The summed E-state index contributed by atoms with van der Waals surface area (Å²) in [6.45, 7) is 2.37. The molecule has 1 aromatic heterocycles. The highest BCUT2D eigenvalue weighted by Crippen LogP contribution is 2.23. The van der Waals surface area contributed by atoms with Crippen LogP contribution in [0.4, 0.5) is 0 Å². The first-order valence-electron chi connectivity index (χ1n) is 6.98. The summed E-state index contributed by atoms with van der Waals surface area (Å²) in [5, 5.41) is 21.1. The van der Waals surface area contributed by atoms with Crippen molar-refractivity contribution in [2.45, 2.75) is 57.0 Å². The van der Waals surface area contributed by atoms with E-state index in [9.17, 15) is 5.11 Å². The Kier molecular flexibility index (Phi) is 5.08. The van der Waals surface area contributed by atoms with Crippen LogP contribution in [-0.4, -0.2) is 34.0 Å². The van der Waals surface area contributed by atoms with E-state index in [2.05, 4.69) is 22.4 Å². The molecule has 1 saturated carbocycles. The highest BCUT2D eigenvalue weighted by Gasteiger charge is 2.24. The number of nitrogens with zero attached hydrogens (tertiary/aromatic N) is 2. The molecule has 1 fully saturated rings. The van der Waals surface area contributed by atoms with Crippen LogP contribution < -0.4 is 5.32 Å². The number of aromatic nitrogens is 2. The molecule has 1 aliphatic carbocycles. The zero-order chi connectivity index (χ0) is 12.8. The van der Waals surface area contributed by atoms with E-state index in [0.717, 1.165) is 31.0 Å². The van der Waals surface area contributed by atoms with Gasteiger partial charge in [-0.3, -0.25) is 0 Å². The van der Waals surface area contributed by atoms with Crippen molar-refractivity contribution in [3.63, 3.8) is 0 Å². The number of aliphatic hydroxyl groups is 1. The molecule has 0 amide bonds. The molecule has 1 heterocycles. The first-order chi connectivity index (χ1) is 8.83. The normalized spacial score (nSPS) is 18.6. The summed E-state index contributed by atoms with van der Waals surface area (Å²) in [6, 6.07) is 5.15. The van der Waals surface area contributed by atoms with Gasteiger partial charge in [0.25, 0.3) is 0 Å². The average Bonchev–Trinajstić information content (AvgIpc) is 3.23. The molecule has 0 radical (unpaired) electrons. The van der Waals surface area contributed by atoms with Gasteiger partial charge in [0.2, 0.25) is 0 Å². The molecule has 0 saturated heterocycles. The molecular formula is C14H23N3O. The Bertz CT molecular complexity index is 340. The van der Waals surface area contributed by atoms with E-state index in [1.807, 2.05) is 12.1 Å². The fourth-order valence-corrected chi connectivity index (χ4v) is 2.25. The summed E-state index contributed by atoms with van der Waals surface area (Å²) >= 11 is 0. The summed E-state index contributed by atoms with van der Waals surface area (Å²) in [6.07, 6.45) is 7.52. The Hall–Kier alpha value is -1.00. The smallest absolute Gasteiger partial charge is 0.0684 e. The predicted molar refractivity (Wildman–Crippen MR) is 71.3 cm³/mol. The van der Waals surface area contributed by atoms with E-state index < -0.39 is 0 Å². The van der Waals surface area contributed by atoms with E-state index >= 15 is 0 Å². The second-order valence-corrected chi connectivity index (χ2v) is 5.15. The highest BCUT2D eigenvalue weighted by molar-refractivity contribution is 5.06. The van der Waals surface area contributed by atoms with Crippen molar-refractivity contribution in [2.24, 2.45) is 0 Å². The average molecular weight is 249 g/mol. The number of hydrogen-bond donors (Lipinski definition) is 2. The van der Waals surface area contributed by atoms with Gasteiger partial charge in [0, 0.05) is 24.2 Å². The van der Waals surface area contributed by atoms with Crippen LogP contribution in [0, 0.1) is 0 Å². The minimum absolute atomic E-state index is 0.119. The van der Waals surface area contributed by atoms with Crippen molar-refractivity contribution < 1.29 is 5.11 Å². The van der Waals surface area contributed by atoms with Crippen LogP contribution in [0.1, 0.15) is 50.6 Å². The van der Waals surface area contributed by atoms with Crippen LogP contribution in [0.2, 0.25) is 0 Å². The third-order valence-electron chi connectivity index (χ3n) is 3.64. The summed E-state index contributed by atoms with van der Waals surface area (Å²) < 4.78 is 0. The molecule has 0 aromatic carbocycles. The number of aliphatic hydroxyl groups excluding tert-OH is 1. The maximum atomic E-state index is 9.47. The van der Waals surface area contributed by atoms with Gasteiger partial charge in [-0.15, -0.1) is 0 Å². The molecule has 4 nitrogen and oxygen atoms in total. The van der Waals surface area contributed by atoms with Crippen LogP contribution >= 0.6 is 0 Å². The van der Waals surface area contributed by atoms with Gasteiger partial charge in [-0.1, -0.05) is 6.92 Å². The minimum Gasteiger partial charge on any atom is -0.396 e. The Morgan fingerprint density at radius 1 is 1.44 bits per heavy atom. The van der Waals surface area contributed by atoms with Crippen LogP contribution in [0.25, 0.3) is 0 Å². The molecule has 2 rings (SSSR count). The molecular weight excluding hydrogens is 226 g/mol. The van der Waals surface area contributed by atoms with Gasteiger partial charge in [0.05, 0.1) is 12.3 Å². The third kappa shape index (κ3) is 4.03. The van der Waals surface area contributed by atoms with E-state index in [-0.39, 0.29) is 12.5 Å². The largest absolute Gasteiger partial charge is 0.396 e. The van der Waals surface area contributed by atoms with Crippen molar-refractivity contribution in [3.8, 4) is 0 Å². The van der Waals surface area contributed by atoms with Gasteiger partial charge in [-0.25, -0.2) is 0 Å². The van der Waals surface area contributed by atoms with Crippen molar-refractivity contribution in [3.05, 3.63) is 24.0 Å². The van der Waals surface area contributed by atoms with Gasteiger partial charge in [-0.2, -0.15) is 10.2 Å². The van der Waals surface area contributed by atoms with Gasteiger partial charge in [0.15, 0.2) is 0 Å². The maximum absolute atomic E-state index is 9.47. The Morgan fingerprint density at radius 3 is 2.83 bits per heavy atom. The summed E-state index contributed by atoms with van der Waals surface area (Å²) in [5.74, 6) is 0.119. The Morgan fingerprint density at radius 2 is 2.28 bits per heavy atom. The standard InChI is InChI=1S/C14H23N3O/c1-2-12(16-13-7-8-13)6-5-11(10-18)14-4-3-9-15-17-14/h3-4,9,11-13,16,18H,2,5-8,10H2,1H3. The summed E-state index contributed by atoms with van der Waals surface area (Å²) in [7, 11) is 0. The van der Waals surface area contributed by atoms with E-state index in [1.54, 1.807) is 6.20 Å². The maximum Gasteiger partial charge on any atom is 0.0684 e. The second-order valence-electron chi connectivity index (χ2n) is 5.15. The minimum atomic E-state index is 0.119. The van der Waals surface area contributed by atoms with E-state index in [1.165, 1.54) is 12.8 Å². The van der Waals surface area contributed by atoms with Crippen LogP contribution in [0.15, 0.2) is 18.3 Å². The lowest BCUT2D eigenvalue weighted by Gasteiger charge is -2.19. The number of rotatable bonds is 8. The predicted octanol–water partition coefficient (Wildman–Crippen LogP) is 1.86. The molecule has 2 unspecified atom stereocenters. The first-order valence-corrected chi connectivity index (χ1v) is 6.98. The highest BCUT2D eigenvalue weighted by atomic mass is 16.3. The lowest BCUT2D eigenvalue weighted by atomic mass is 9.96. The molecule has 1 aromatic rings. The summed E-state index contributed by atoms with van der Waals surface area (Å²) in [5.41, 5.74) is 0.904. The Labute approximate surface area is 109 Å². The van der Waals surface area contributed by atoms with Gasteiger partial charge >= 0.3 is 0 Å². The van der Waals surface area contributed by atoms with Crippen LogP contribution in [0.5, 0.6) is 0 Å². The second kappa shape index (κ2) is 6.81. The van der Waals surface area contributed by atoms with Gasteiger partial charge < -0.3 is 10.4 Å². The van der Waals surface area contributed by atoms with Crippen molar-refractivity contribution in [1.82, 2.24) is 15.5 Å². The first kappa shape index (κ1) is 13.4. The molecule has 1 aliphatic rings. The lowest BCUT2D eigenvalue weighted by Crippen LogP contribution is -2.30. The zero-order valence-electron chi connectivity index (χ0n) is 11.0. The molecule has 100 valence electrons. The van der Waals surface area contributed by atoms with Crippen molar-refractivity contribution >= 4 is 0 Å². The fourth-order valence-electron chi connectivity index (χ4n) is 2.25.